The van der Waals surface area contributed by atoms with Crippen molar-refractivity contribution in [2.24, 2.45) is 0 Å². The predicted molar refractivity (Wildman–Crippen MR) is 113 cm³/mol. The monoisotopic (exact) mass is 458 g/mol. The van der Waals surface area contributed by atoms with Crippen LogP contribution in [0, 0.1) is 5.82 Å². The molecule has 0 aliphatic carbocycles. The summed E-state index contributed by atoms with van der Waals surface area (Å²) in [6.07, 6.45) is 0.535. The number of carbonyl (C=O) groups is 1. The molecule has 2 aromatic carbocycles. The lowest BCUT2D eigenvalue weighted by molar-refractivity contribution is 0.0959. The highest BCUT2D eigenvalue weighted by atomic mass is 35.5. The normalized spacial score (nSPS) is 10.7. The van der Waals surface area contributed by atoms with Gasteiger partial charge in [-0.15, -0.1) is 11.3 Å². The number of amides is 1. The van der Waals surface area contributed by atoms with Crippen LogP contribution in [0.3, 0.4) is 0 Å². The van der Waals surface area contributed by atoms with E-state index in [1.165, 1.54) is 12.1 Å². The van der Waals surface area contributed by atoms with Gasteiger partial charge in [0.05, 0.1) is 10.0 Å². The number of benzene rings is 2. The third-order valence-electron chi connectivity index (χ3n) is 3.83. The van der Waals surface area contributed by atoms with Gasteiger partial charge in [-0.3, -0.25) is 4.79 Å². The number of phenols is 1. The molecule has 4 nitrogen and oxygen atoms in total. The second-order valence-electron chi connectivity index (χ2n) is 5.83. The summed E-state index contributed by atoms with van der Waals surface area (Å²) < 4.78 is 13.9. The van der Waals surface area contributed by atoms with Crippen molar-refractivity contribution in [2.45, 2.75) is 6.42 Å². The van der Waals surface area contributed by atoms with Gasteiger partial charge >= 0.3 is 0 Å². The number of rotatable bonds is 6. The van der Waals surface area contributed by atoms with Crippen LogP contribution in [0.4, 0.5) is 15.8 Å². The van der Waals surface area contributed by atoms with Crippen LogP contribution in [0.15, 0.2) is 42.5 Å². The van der Waals surface area contributed by atoms with Crippen LogP contribution in [0.2, 0.25) is 14.4 Å². The molecule has 0 radical (unpaired) electrons. The van der Waals surface area contributed by atoms with E-state index in [1.54, 1.807) is 18.2 Å². The van der Waals surface area contributed by atoms with Crippen molar-refractivity contribution in [3.8, 4) is 5.75 Å². The Labute approximate surface area is 179 Å². The van der Waals surface area contributed by atoms with Crippen LogP contribution >= 0.6 is 46.1 Å². The molecule has 0 fully saturated rings. The minimum absolute atomic E-state index is 0.316. The molecule has 1 amide bonds. The standard InChI is InChI=1S/C19H14Cl3FN2O2S/c20-11-2-1-10(13(21)7-11)5-6-24-19(27)18-15(9-17(22)28-18)25-12-3-4-16(26)14(23)8-12/h1-4,7-9,25-26H,5-6H2,(H,24,27). The molecule has 28 heavy (non-hydrogen) atoms. The fraction of sp³-hybridized carbons (Fsp3) is 0.105. The molecular formula is C19H14Cl3FN2O2S. The Kier molecular flexibility index (Phi) is 6.67. The fourth-order valence-corrected chi connectivity index (χ4v) is 4.08. The van der Waals surface area contributed by atoms with Crippen LogP contribution in [0.1, 0.15) is 15.2 Å². The first-order valence-corrected chi connectivity index (χ1v) is 10.1. The lowest BCUT2D eigenvalue weighted by Gasteiger charge is -2.09. The Morgan fingerprint density at radius 3 is 2.61 bits per heavy atom. The molecule has 146 valence electrons. The van der Waals surface area contributed by atoms with E-state index in [4.69, 9.17) is 34.8 Å². The predicted octanol–water partition coefficient (Wildman–Crippen LogP) is 6.27. The maximum absolute atomic E-state index is 13.5. The quantitative estimate of drug-likeness (QED) is 0.381. The smallest absolute Gasteiger partial charge is 0.263 e. The summed E-state index contributed by atoms with van der Waals surface area (Å²) in [5.41, 5.74) is 1.70. The number of hydrogen-bond donors (Lipinski definition) is 3. The molecule has 0 saturated heterocycles. The highest BCUT2D eigenvalue weighted by Crippen LogP contribution is 2.33. The van der Waals surface area contributed by atoms with Gasteiger partial charge in [0.2, 0.25) is 0 Å². The van der Waals surface area contributed by atoms with Gasteiger partial charge in [-0.1, -0.05) is 40.9 Å². The first kappa shape index (κ1) is 20.7. The zero-order chi connectivity index (χ0) is 20.3. The van der Waals surface area contributed by atoms with E-state index in [0.717, 1.165) is 23.0 Å². The number of hydrogen-bond acceptors (Lipinski definition) is 4. The van der Waals surface area contributed by atoms with Gasteiger partial charge in [0, 0.05) is 28.3 Å². The van der Waals surface area contributed by atoms with Gasteiger partial charge in [-0.05, 0) is 42.3 Å². The van der Waals surface area contributed by atoms with Crippen LogP contribution in [-0.2, 0) is 6.42 Å². The molecule has 0 unspecified atom stereocenters. The Bertz CT molecular complexity index is 1030. The summed E-state index contributed by atoms with van der Waals surface area (Å²) >= 11 is 19.2. The summed E-state index contributed by atoms with van der Waals surface area (Å²) in [4.78, 5) is 12.9. The minimum Gasteiger partial charge on any atom is -0.505 e. The van der Waals surface area contributed by atoms with E-state index >= 15 is 0 Å². The average Bonchev–Trinajstić information content (AvgIpc) is 3.00. The summed E-state index contributed by atoms with van der Waals surface area (Å²) in [6, 6.07) is 10.6. The SMILES string of the molecule is O=C(NCCc1ccc(Cl)cc1Cl)c1sc(Cl)cc1Nc1ccc(O)c(F)c1. The summed E-state index contributed by atoms with van der Waals surface area (Å²) in [7, 11) is 0. The zero-order valence-electron chi connectivity index (χ0n) is 14.2. The van der Waals surface area contributed by atoms with Gasteiger partial charge < -0.3 is 15.7 Å². The molecule has 0 bridgehead atoms. The second-order valence-corrected chi connectivity index (χ2v) is 8.35. The zero-order valence-corrected chi connectivity index (χ0v) is 17.3. The summed E-state index contributed by atoms with van der Waals surface area (Å²) in [6.45, 7) is 0.364. The number of halogens is 4. The number of aromatic hydroxyl groups is 1. The van der Waals surface area contributed by atoms with Gasteiger partial charge in [-0.25, -0.2) is 4.39 Å². The fourth-order valence-electron chi connectivity index (χ4n) is 2.48. The van der Waals surface area contributed by atoms with Crippen molar-refractivity contribution in [3.05, 3.63) is 73.1 Å². The molecular weight excluding hydrogens is 446 g/mol. The van der Waals surface area contributed by atoms with E-state index in [1.807, 2.05) is 6.07 Å². The van der Waals surface area contributed by atoms with Crippen LogP contribution in [0.25, 0.3) is 0 Å². The summed E-state index contributed by atoms with van der Waals surface area (Å²) in [5.74, 6) is -1.53. The maximum Gasteiger partial charge on any atom is 0.263 e. The van der Waals surface area contributed by atoms with E-state index < -0.39 is 11.6 Å². The molecule has 0 aliphatic rings. The number of thiophene rings is 1. The Balaban J connectivity index is 1.67. The number of carbonyl (C=O) groups excluding carboxylic acids is 1. The van der Waals surface area contributed by atoms with E-state index in [2.05, 4.69) is 10.6 Å². The van der Waals surface area contributed by atoms with Gasteiger partial charge in [-0.2, -0.15) is 0 Å². The third kappa shape index (κ3) is 5.08. The van der Waals surface area contributed by atoms with Gasteiger partial charge in [0.15, 0.2) is 11.6 Å². The highest BCUT2D eigenvalue weighted by molar-refractivity contribution is 7.18. The number of nitrogens with one attached hydrogen (secondary N) is 2. The van der Waals surface area contributed by atoms with Crippen LogP contribution in [-0.4, -0.2) is 17.6 Å². The van der Waals surface area contributed by atoms with Crippen molar-refractivity contribution in [3.63, 3.8) is 0 Å². The molecule has 3 rings (SSSR count). The second kappa shape index (κ2) is 9.01. The molecule has 1 aromatic heterocycles. The van der Waals surface area contributed by atoms with Gasteiger partial charge in [0.1, 0.15) is 4.88 Å². The maximum atomic E-state index is 13.5. The minimum atomic E-state index is -0.767. The molecule has 0 atom stereocenters. The Morgan fingerprint density at radius 2 is 1.89 bits per heavy atom. The number of phenolic OH excluding ortho intramolecular Hbond substituents is 1. The Morgan fingerprint density at radius 1 is 1.11 bits per heavy atom. The topological polar surface area (TPSA) is 61.4 Å². The van der Waals surface area contributed by atoms with Gasteiger partial charge in [0.25, 0.3) is 5.91 Å². The molecule has 1 heterocycles. The highest BCUT2D eigenvalue weighted by Gasteiger charge is 2.16. The van der Waals surface area contributed by atoms with Crippen LogP contribution < -0.4 is 10.6 Å². The van der Waals surface area contributed by atoms with E-state index in [-0.39, 0.29) is 5.91 Å². The molecule has 9 heteroatoms. The first-order chi connectivity index (χ1) is 13.3. The molecule has 0 spiro atoms. The molecule has 0 aliphatic heterocycles. The first-order valence-electron chi connectivity index (χ1n) is 8.10. The van der Waals surface area contributed by atoms with Crippen LogP contribution in [0.5, 0.6) is 5.75 Å². The summed E-state index contributed by atoms with van der Waals surface area (Å²) in [5, 5.41) is 16.1. The van der Waals surface area contributed by atoms with E-state index in [9.17, 15) is 14.3 Å². The average molecular weight is 460 g/mol. The molecule has 0 saturated carbocycles. The van der Waals surface area contributed by atoms with Crippen molar-refractivity contribution in [1.29, 1.82) is 0 Å². The van der Waals surface area contributed by atoms with E-state index in [0.29, 0.717) is 43.6 Å². The molecule has 3 aromatic rings. The Hall–Kier alpha value is -1.99. The third-order valence-corrected chi connectivity index (χ3v) is 5.68. The molecule has 3 N–H and O–H groups in total. The lowest BCUT2D eigenvalue weighted by atomic mass is 10.1. The van der Waals surface area contributed by atoms with Crippen molar-refractivity contribution < 1.29 is 14.3 Å². The largest absolute Gasteiger partial charge is 0.505 e. The lowest BCUT2D eigenvalue weighted by Crippen LogP contribution is -2.25. The van der Waals surface area contributed by atoms with Crippen molar-refractivity contribution in [1.82, 2.24) is 5.32 Å². The van der Waals surface area contributed by atoms with Crippen molar-refractivity contribution in [2.75, 3.05) is 11.9 Å². The number of anilines is 2. The van der Waals surface area contributed by atoms with Crippen molar-refractivity contribution >= 4 is 63.4 Å².